The van der Waals surface area contributed by atoms with Crippen molar-refractivity contribution in [2.24, 2.45) is 0 Å². The summed E-state index contributed by atoms with van der Waals surface area (Å²) < 4.78 is 5.23. The summed E-state index contributed by atoms with van der Waals surface area (Å²) in [6.45, 7) is 1.37. The quantitative estimate of drug-likeness (QED) is 0.722. The van der Waals surface area contributed by atoms with Gasteiger partial charge in [0.15, 0.2) is 18.3 Å². The van der Waals surface area contributed by atoms with Crippen LogP contribution < -0.4 is 0 Å². The molecule has 5 nitrogen and oxygen atoms in total. The van der Waals surface area contributed by atoms with Gasteiger partial charge in [-0.25, -0.2) is 4.98 Å². The summed E-state index contributed by atoms with van der Waals surface area (Å²) in [5, 5.41) is 12.0. The molecule has 0 spiro atoms. The second-order valence-electron chi connectivity index (χ2n) is 6.02. The average molecular weight is 375 g/mol. The number of halogens is 1. The molecule has 1 heterocycles. The Hall–Kier alpha value is -2.23. The number of hydrogen-bond acceptors (Lipinski definition) is 6. The fourth-order valence-electron chi connectivity index (χ4n) is 2.63. The third-order valence-electron chi connectivity index (χ3n) is 4.22. The van der Waals surface area contributed by atoms with E-state index in [4.69, 9.17) is 16.3 Å². The maximum atomic E-state index is 12.5. The average Bonchev–Trinajstić information content (AvgIpc) is 3.31. The van der Waals surface area contributed by atoms with Crippen LogP contribution in [0.15, 0.2) is 29.6 Å². The summed E-state index contributed by atoms with van der Waals surface area (Å²) in [5.74, 6) is -1.90. The number of Topliss-reactive ketones (excluding diaryl/α,β-unsaturated/α-hetero) is 1. The smallest absolute Gasteiger partial charge is 0.316 e. The number of nitrogens with zero attached hydrogens (tertiary/aromatic N) is 2. The van der Waals surface area contributed by atoms with Gasteiger partial charge in [-0.15, -0.1) is 11.3 Å². The standard InChI is InChI=1S/C18H15ClN2O3S/c1-11-10-25-16(21-11)14(8-20)15(22)9-24-17(23)18(6-7-18)12-2-4-13(19)5-3-12/h2-5,10,14H,6-7,9H2,1H3/t14-/m0/s1. The molecule has 1 fully saturated rings. The molecule has 1 aliphatic rings. The number of benzene rings is 1. The predicted molar refractivity (Wildman–Crippen MR) is 93.5 cm³/mol. The maximum Gasteiger partial charge on any atom is 0.316 e. The number of aromatic nitrogens is 1. The SMILES string of the molecule is Cc1csc([C@@H](C#N)C(=O)COC(=O)C2(c3ccc(Cl)cc3)CC2)n1. The molecule has 0 saturated heterocycles. The van der Waals surface area contributed by atoms with Crippen LogP contribution in [0.4, 0.5) is 0 Å². The zero-order valence-electron chi connectivity index (χ0n) is 13.5. The lowest BCUT2D eigenvalue weighted by molar-refractivity contribution is -0.150. The van der Waals surface area contributed by atoms with E-state index in [9.17, 15) is 14.9 Å². The Balaban J connectivity index is 1.65. The molecule has 1 aromatic heterocycles. The molecule has 0 N–H and O–H groups in total. The highest BCUT2D eigenvalue weighted by Gasteiger charge is 2.53. The number of carbonyl (C=O) groups excluding carboxylic acids is 2. The summed E-state index contributed by atoms with van der Waals surface area (Å²) in [7, 11) is 0. The monoisotopic (exact) mass is 374 g/mol. The van der Waals surface area contributed by atoms with E-state index >= 15 is 0 Å². The number of ether oxygens (including phenoxy) is 1. The van der Waals surface area contributed by atoms with Crippen LogP contribution in [0.5, 0.6) is 0 Å². The van der Waals surface area contributed by atoms with Gasteiger partial charge in [-0.2, -0.15) is 5.26 Å². The molecule has 1 saturated carbocycles. The lowest BCUT2D eigenvalue weighted by Crippen LogP contribution is -2.27. The van der Waals surface area contributed by atoms with E-state index in [1.54, 1.807) is 36.6 Å². The van der Waals surface area contributed by atoms with Crippen molar-refractivity contribution in [3.05, 3.63) is 50.9 Å². The number of nitriles is 1. The van der Waals surface area contributed by atoms with Gasteiger partial charge >= 0.3 is 5.97 Å². The van der Waals surface area contributed by atoms with Gasteiger partial charge in [0.2, 0.25) is 0 Å². The van der Waals surface area contributed by atoms with Gasteiger partial charge < -0.3 is 4.74 Å². The van der Waals surface area contributed by atoms with Crippen LogP contribution in [0.3, 0.4) is 0 Å². The van der Waals surface area contributed by atoms with Crippen molar-refractivity contribution in [1.29, 1.82) is 5.26 Å². The molecular formula is C18H15ClN2O3S. The van der Waals surface area contributed by atoms with Gasteiger partial charge in [-0.1, -0.05) is 23.7 Å². The van der Waals surface area contributed by atoms with E-state index in [2.05, 4.69) is 4.98 Å². The lowest BCUT2D eigenvalue weighted by Gasteiger charge is -2.15. The van der Waals surface area contributed by atoms with Crippen LogP contribution >= 0.6 is 22.9 Å². The van der Waals surface area contributed by atoms with Gasteiger partial charge in [-0.3, -0.25) is 9.59 Å². The molecule has 1 aliphatic carbocycles. The van der Waals surface area contributed by atoms with Gasteiger partial charge in [0.25, 0.3) is 0 Å². The zero-order chi connectivity index (χ0) is 18.0. The van der Waals surface area contributed by atoms with Gasteiger partial charge in [-0.05, 0) is 37.5 Å². The van der Waals surface area contributed by atoms with Crippen molar-refractivity contribution >= 4 is 34.7 Å². The fraction of sp³-hybridized carbons (Fsp3) is 0.333. The second kappa shape index (κ2) is 6.95. The normalized spacial score (nSPS) is 15.9. The Bertz CT molecular complexity index is 850. The molecule has 3 rings (SSSR count). The Labute approximate surface area is 154 Å². The number of carbonyl (C=O) groups is 2. The third-order valence-corrected chi connectivity index (χ3v) is 5.50. The van der Waals surface area contributed by atoms with Crippen LogP contribution in [0.25, 0.3) is 0 Å². The predicted octanol–water partition coefficient (Wildman–Crippen LogP) is 3.56. The number of thiazole rings is 1. The van der Waals surface area contributed by atoms with Crippen molar-refractivity contribution in [1.82, 2.24) is 4.98 Å². The van der Waals surface area contributed by atoms with Crippen LogP contribution in [0.1, 0.15) is 35.0 Å². The number of rotatable bonds is 6. The van der Waals surface area contributed by atoms with Crippen LogP contribution in [-0.2, 0) is 19.7 Å². The minimum atomic E-state index is -1.00. The largest absolute Gasteiger partial charge is 0.457 e. The molecule has 25 heavy (non-hydrogen) atoms. The van der Waals surface area contributed by atoms with E-state index in [-0.39, 0.29) is 0 Å². The minimum Gasteiger partial charge on any atom is -0.457 e. The lowest BCUT2D eigenvalue weighted by atomic mass is 9.96. The van der Waals surface area contributed by atoms with Gasteiger partial charge in [0.05, 0.1) is 11.5 Å². The molecule has 1 aromatic carbocycles. The first-order chi connectivity index (χ1) is 12.0. The zero-order valence-corrected chi connectivity index (χ0v) is 15.1. The highest BCUT2D eigenvalue weighted by molar-refractivity contribution is 7.09. The van der Waals surface area contributed by atoms with E-state index in [0.717, 1.165) is 11.3 Å². The van der Waals surface area contributed by atoms with Gasteiger partial charge in [0, 0.05) is 16.1 Å². The molecule has 0 bridgehead atoms. The molecule has 128 valence electrons. The van der Waals surface area contributed by atoms with Crippen molar-refractivity contribution in [2.45, 2.75) is 31.1 Å². The Morgan fingerprint density at radius 1 is 1.40 bits per heavy atom. The van der Waals surface area contributed by atoms with Crippen molar-refractivity contribution in [3.63, 3.8) is 0 Å². The van der Waals surface area contributed by atoms with Crippen LogP contribution in [0.2, 0.25) is 5.02 Å². The van der Waals surface area contributed by atoms with Crippen LogP contribution in [0, 0.1) is 18.3 Å². The number of ketones is 1. The molecule has 0 radical (unpaired) electrons. The van der Waals surface area contributed by atoms with E-state index < -0.39 is 29.7 Å². The number of hydrogen-bond donors (Lipinski definition) is 0. The first-order valence-corrected chi connectivity index (χ1v) is 9.00. The highest BCUT2D eigenvalue weighted by atomic mass is 35.5. The summed E-state index contributed by atoms with van der Waals surface area (Å²) in [6, 6.07) is 9.00. The molecule has 0 amide bonds. The molecule has 2 aromatic rings. The Morgan fingerprint density at radius 3 is 2.60 bits per heavy atom. The number of esters is 1. The van der Waals surface area contributed by atoms with E-state index in [1.807, 2.05) is 6.07 Å². The molecule has 0 unspecified atom stereocenters. The molecule has 1 atom stereocenters. The summed E-state index contributed by atoms with van der Waals surface area (Å²) >= 11 is 7.13. The molecule has 0 aliphatic heterocycles. The first-order valence-electron chi connectivity index (χ1n) is 7.74. The van der Waals surface area contributed by atoms with Crippen molar-refractivity contribution in [2.75, 3.05) is 6.61 Å². The number of aryl methyl sites for hydroxylation is 1. The van der Waals surface area contributed by atoms with Crippen molar-refractivity contribution in [3.8, 4) is 6.07 Å². The van der Waals surface area contributed by atoms with E-state index in [0.29, 0.717) is 22.9 Å². The third kappa shape index (κ3) is 3.58. The van der Waals surface area contributed by atoms with Crippen LogP contribution in [-0.4, -0.2) is 23.3 Å². The minimum absolute atomic E-state index is 0.426. The molecular weight excluding hydrogens is 360 g/mol. The summed E-state index contributed by atoms with van der Waals surface area (Å²) in [6.07, 6.45) is 1.35. The summed E-state index contributed by atoms with van der Waals surface area (Å²) in [4.78, 5) is 28.9. The Kier molecular flexibility index (Phi) is 4.89. The van der Waals surface area contributed by atoms with E-state index in [1.165, 1.54) is 11.3 Å². The van der Waals surface area contributed by atoms with Crippen molar-refractivity contribution < 1.29 is 14.3 Å². The topological polar surface area (TPSA) is 80.0 Å². The maximum absolute atomic E-state index is 12.5. The second-order valence-corrected chi connectivity index (χ2v) is 7.35. The highest BCUT2D eigenvalue weighted by Crippen LogP contribution is 2.49. The Morgan fingerprint density at radius 2 is 2.08 bits per heavy atom. The first kappa shape index (κ1) is 17.6. The molecule has 7 heteroatoms. The van der Waals surface area contributed by atoms with Gasteiger partial charge in [0.1, 0.15) is 5.01 Å². The summed E-state index contributed by atoms with van der Waals surface area (Å²) in [5.41, 5.74) is 0.900. The fourth-order valence-corrected chi connectivity index (χ4v) is 3.62.